The molecule has 0 bridgehead atoms. The Hall–Kier alpha value is -2.55. The zero-order valence-corrected chi connectivity index (χ0v) is 13.2. The highest BCUT2D eigenvalue weighted by Crippen LogP contribution is 2.18. The lowest BCUT2D eigenvalue weighted by Gasteiger charge is -2.19. The average molecular weight is 304 g/mol. The Bertz CT molecular complexity index is 621. The summed E-state index contributed by atoms with van der Waals surface area (Å²) in [5.41, 5.74) is 0.627. The van der Waals surface area contributed by atoms with Gasteiger partial charge in [0.2, 0.25) is 0 Å². The summed E-state index contributed by atoms with van der Waals surface area (Å²) in [5, 5.41) is 13.5. The van der Waals surface area contributed by atoms with Gasteiger partial charge in [0.15, 0.2) is 0 Å². The van der Waals surface area contributed by atoms with Gasteiger partial charge in [-0.3, -0.25) is 10.1 Å². The molecule has 1 rings (SSSR count). The predicted molar refractivity (Wildman–Crippen MR) is 83.6 cm³/mol. The van der Waals surface area contributed by atoms with Crippen molar-refractivity contribution in [1.82, 2.24) is 5.32 Å². The number of nitro benzene ring substituents is 1. The summed E-state index contributed by atoms with van der Waals surface area (Å²) in [4.78, 5) is 21.9. The third-order valence-electron chi connectivity index (χ3n) is 2.49. The standard InChI is InChI=1S/C16H20N2O4/c1-12-8-9-13(14(11-12)18(20)21)7-5-6-10-17-15(19)22-16(2,3)4/h8-9,11H,6,10H2,1-4H3,(H,17,19). The number of amides is 1. The number of carbonyl (C=O) groups is 1. The minimum atomic E-state index is -0.543. The van der Waals surface area contributed by atoms with Crippen LogP contribution in [0.4, 0.5) is 10.5 Å². The van der Waals surface area contributed by atoms with Gasteiger partial charge in [-0.2, -0.15) is 0 Å². The normalized spacial score (nSPS) is 10.4. The lowest BCUT2D eigenvalue weighted by Crippen LogP contribution is -2.32. The minimum absolute atomic E-state index is 0.00685. The number of hydrogen-bond donors (Lipinski definition) is 1. The first-order valence-electron chi connectivity index (χ1n) is 6.90. The van der Waals surface area contributed by atoms with Crippen molar-refractivity contribution in [2.24, 2.45) is 0 Å². The van der Waals surface area contributed by atoms with Gasteiger partial charge in [0, 0.05) is 19.0 Å². The van der Waals surface area contributed by atoms with Crippen molar-refractivity contribution in [1.29, 1.82) is 0 Å². The molecule has 22 heavy (non-hydrogen) atoms. The van der Waals surface area contributed by atoms with Crippen LogP contribution in [0.3, 0.4) is 0 Å². The van der Waals surface area contributed by atoms with Crippen LogP contribution in [0.5, 0.6) is 0 Å². The lowest BCUT2D eigenvalue weighted by atomic mass is 10.1. The molecule has 0 saturated heterocycles. The Labute approximate surface area is 130 Å². The Balaban J connectivity index is 2.55. The summed E-state index contributed by atoms with van der Waals surface area (Å²) in [5.74, 6) is 5.57. The van der Waals surface area contributed by atoms with Gasteiger partial charge >= 0.3 is 6.09 Å². The van der Waals surface area contributed by atoms with Gasteiger partial charge in [-0.15, -0.1) is 0 Å². The molecule has 0 heterocycles. The molecule has 6 heteroatoms. The molecule has 0 radical (unpaired) electrons. The van der Waals surface area contributed by atoms with Crippen molar-refractivity contribution in [3.63, 3.8) is 0 Å². The number of nitrogens with zero attached hydrogens (tertiary/aromatic N) is 1. The fourth-order valence-electron chi connectivity index (χ4n) is 1.60. The van der Waals surface area contributed by atoms with Crippen LogP contribution < -0.4 is 5.32 Å². The van der Waals surface area contributed by atoms with E-state index in [1.165, 1.54) is 6.07 Å². The van der Waals surface area contributed by atoms with Crippen molar-refractivity contribution in [3.8, 4) is 11.8 Å². The summed E-state index contributed by atoms with van der Waals surface area (Å²) in [6.45, 7) is 7.45. The Kier molecular flexibility index (Phi) is 5.93. The fraction of sp³-hybridized carbons (Fsp3) is 0.438. The molecular formula is C16H20N2O4. The smallest absolute Gasteiger partial charge is 0.407 e. The number of benzene rings is 1. The molecule has 0 aliphatic rings. The lowest BCUT2D eigenvalue weighted by molar-refractivity contribution is -0.385. The second-order valence-corrected chi connectivity index (χ2v) is 5.76. The highest BCUT2D eigenvalue weighted by atomic mass is 16.6. The van der Waals surface area contributed by atoms with E-state index in [1.54, 1.807) is 39.8 Å². The quantitative estimate of drug-likeness (QED) is 0.402. The summed E-state index contributed by atoms with van der Waals surface area (Å²) in [7, 11) is 0. The van der Waals surface area contributed by atoms with Crippen molar-refractivity contribution >= 4 is 11.8 Å². The van der Waals surface area contributed by atoms with E-state index in [0.717, 1.165) is 5.56 Å². The van der Waals surface area contributed by atoms with Gasteiger partial charge < -0.3 is 10.1 Å². The maximum atomic E-state index is 11.4. The zero-order chi connectivity index (χ0) is 16.8. The molecule has 0 aliphatic carbocycles. The summed E-state index contributed by atoms with van der Waals surface area (Å²) < 4.78 is 5.08. The number of nitro groups is 1. The first kappa shape index (κ1) is 17.5. The van der Waals surface area contributed by atoms with E-state index < -0.39 is 16.6 Å². The second-order valence-electron chi connectivity index (χ2n) is 5.76. The van der Waals surface area contributed by atoms with E-state index in [-0.39, 0.29) is 5.69 Å². The first-order chi connectivity index (χ1) is 10.2. The number of aryl methyl sites for hydroxylation is 1. The molecule has 0 aromatic heterocycles. The number of alkyl carbamates (subject to hydrolysis) is 1. The van der Waals surface area contributed by atoms with E-state index in [9.17, 15) is 14.9 Å². The van der Waals surface area contributed by atoms with Gasteiger partial charge in [0.25, 0.3) is 5.69 Å². The van der Waals surface area contributed by atoms with Gasteiger partial charge in [-0.05, 0) is 39.3 Å². The fourth-order valence-corrected chi connectivity index (χ4v) is 1.60. The van der Waals surface area contributed by atoms with E-state index in [4.69, 9.17) is 4.74 Å². The molecule has 1 aromatic rings. The van der Waals surface area contributed by atoms with E-state index in [1.807, 2.05) is 0 Å². The van der Waals surface area contributed by atoms with Crippen LogP contribution in [-0.4, -0.2) is 23.2 Å². The number of nitrogens with one attached hydrogen (secondary N) is 1. The highest BCUT2D eigenvalue weighted by Gasteiger charge is 2.15. The molecule has 0 unspecified atom stereocenters. The maximum absolute atomic E-state index is 11.4. The topological polar surface area (TPSA) is 81.5 Å². The number of carbonyl (C=O) groups excluding carboxylic acids is 1. The van der Waals surface area contributed by atoms with Crippen LogP contribution in [0.15, 0.2) is 18.2 Å². The maximum Gasteiger partial charge on any atom is 0.407 e. The van der Waals surface area contributed by atoms with Crippen molar-refractivity contribution in [2.45, 2.75) is 39.7 Å². The molecule has 0 aliphatic heterocycles. The van der Waals surface area contributed by atoms with Crippen LogP contribution in [0.2, 0.25) is 0 Å². The van der Waals surface area contributed by atoms with Crippen LogP contribution in [0.25, 0.3) is 0 Å². The molecule has 0 spiro atoms. The third-order valence-corrected chi connectivity index (χ3v) is 2.49. The van der Waals surface area contributed by atoms with Gasteiger partial charge in [0.05, 0.1) is 4.92 Å². The van der Waals surface area contributed by atoms with Gasteiger partial charge in [-0.25, -0.2) is 4.79 Å². The van der Waals surface area contributed by atoms with Crippen LogP contribution in [-0.2, 0) is 4.74 Å². The molecule has 118 valence electrons. The molecular weight excluding hydrogens is 284 g/mol. The second kappa shape index (κ2) is 7.46. The molecule has 0 fully saturated rings. The Morgan fingerprint density at radius 1 is 1.41 bits per heavy atom. The molecule has 1 N–H and O–H groups in total. The molecule has 1 aromatic carbocycles. The Morgan fingerprint density at radius 3 is 2.68 bits per heavy atom. The zero-order valence-electron chi connectivity index (χ0n) is 13.2. The highest BCUT2D eigenvalue weighted by molar-refractivity contribution is 5.67. The minimum Gasteiger partial charge on any atom is -0.444 e. The first-order valence-corrected chi connectivity index (χ1v) is 6.90. The molecule has 0 atom stereocenters. The Morgan fingerprint density at radius 2 is 2.09 bits per heavy atom. The number of ether oxygens (including phenoxy) is 1. The predicted octanol–water partition coefficient (Wildman–Crippen LogP) is 3.17. The molecule has 6 nitrogen and oxygen atoms in total. The summed E-state index contributed by atoms with van der Waals surface area (Å²) in [6.07, 6.45) is -0.125. The number of rotatable bonds is 3. The van der Waals surface area contributed by atoms with Crippen LogP contribution in [0.1, 0.15) is 38.3 Å². The van der Waals surface area contributed by atoms with Crippen LogP contribution >= 0.6 is 0 Å². The number of hydrogen-bond acceptors (Lipinski definition) is 4. The van der Waals surface area contributed by atoms with Gasteiger partial charge in [0.1, 0.15) is 11.2 Å². The molecule has 1 amide bonds. The van der Waals surface area contributed by atoms with Crippen molar-refractivity contribution < 1.29 is 14.5 Å². The van der Waals surface area contributed by atoms with Crippen molar-refractivity contribution in [3.05, 3.63) is 39.4 Å². The van der Waals surface area contributed by atoms with Crippen molar-refractivity contribution in [2.75, 3.05) is 6.54 Å². The SMILES string of the molecule is Cc1ccc(C#CCCNC(=O)OC(C)(C)C)c([N+](=O)[O-])c1. The average Bonchev–Trinajstić information content (AvgIpc) is 2.37. The van der Waals surface area contributed by atoms with E-state index >= 15 is 0 Å². The summed E-state index contributed by atoms with van der Waals surface area (Å²) in [6, 6.07) is 4.89. The molecule has 0 saturated carbocycles. The van der Waals surface area contributed by atoms with Gasteiger partial charge in [-0.1, -0.05) is 17.9 Å². The van der Waals surface area contributed by atoms with E-state index in [2.05, 4.69) is 17.2 Å². The largest absolute Gasteiger partial charge is 0.444 e. The van der Waals surface area contributed by atoms with Crippen LogP contribution in [0, 0.1) is 28.9 Å². The summed E-state index contributed by atoms with van der Waals surface area (Å²) >= 11 is 0. The monoisotopic (exact) mass is 304 g/mol. The van der Waals surface area contributed by atoms with E-state index in [0.29, 0.717) is 18.5 Å². The third kappa shape index (κ3) is 6.27.